The highest BCUT2D eigenvalue weighted by Gasteiger charge is 2.56. The minimum atomic E-state index is 0.683. The molecule has 0 aromatic heterocycles. The van der Waals surface area contributed by atoms with Gasteiger partial charge in [0.25, 0.3) is 0 Å². The van der Waals surface area contributed by atoms with Crippen LogP contribution < -0.4 is 5.32 Å². The van der Waals surface area contributed by atoms with Crippen LogP contribution in [-0.2, 0) is 0 Å². The molecule has 3 fully saturated rings. The molecule has 0 aromatic rings. The Kier molecular flexibility index (Phi) is 0.883. The van der Waals surface area contributed by atoms with Gasteiger partial charge >= 0.3 is 0 Å². The maximum Gasteiger partial charge on any atom is 0.0224 e. The minimum Gasteiger partial charge on any atom is -0.311 e. The molecular formula is C9H15N. The zero-order valence-corrected chi connectivity index (χ0v) is 6.40. The Balaban J connectivity index is 1.83. The Bertz CT molecular complexity index is 160. The van der Waals surface area contributed by atoms with Crippen molar-refractivity contribution in [2.45, 2.75) is 37.6 Å². The zero-order chi connectivity index (χ0) is 6.60. The summed E-state index contributed by atoms with van der Waals surface area (Å²) in [6.07, 6.45) is 7.54. The van der Waals surface area contributed by atoms with Gasteiger partial charge in [0.1, 0.15) is 0 Å². The van der Waals surface area contributed by atoms with Crippen molar-refractivity contribution in [3.63, 3.8) is 0 Å². The standard InChI is InChI=1S/C9H15N/c1-2-7-6-8(7)9(3-1)4-5-10-9/h7-8,10H,1-6H2. The van der Waals surface area contributed by atoms with Gasteiger partial charge in [-0.2, -0.15) is 0 Å². The summed E-state index contributed by atoms with van der Waals surface area (Å²) in [5, 5.41) is 3.65. The van der Waals surface area contributed by atoms with Crippen LogP contribution in [0.25, 0.3) is 0 Å². The lowest BCUT2D eigenvalue weighted by Crippen LogP contribution is -2.59. The second kappa shape index (κ2) is 1.58. The van der Waals surface area contributed by atoms with Crippen molar-refractivity contribution in [1.29, 1.82) is 0 Å². The Labute approximate surface area is 62.2 Å². The molecule has 2 aliphatic carbocycles. The van der Waals surface area contributed by atoms with Gasteiger partial charge in [0.15, 0.2) is 0 Å². The Morgan fingerprint density at radius 3 is 2.80 bits per heavy atom. The summed E-state index contributed by atoms with van der Waals surface area (Å²) < 4.78 is 0. The molecule has 0 amide bonds. The first-order valence-corrected chi connectivity index (χ1v) is 4.66. The molecule has 1 heteroatoms. The fourth-order valence-electron chi connectivity index (χ4n) is 3.08. The number of nitrogens with one attached hydrogen (secondary N) is 1. The minimum absolute atomic E-state index is 0.683. The molecule has 3 rings (SSSR count). The second-order valence-electron chi connectivity index (χ2n) is 4.33. The highest BCUT2D eigenvalue weighted by molar-refractivity contribution is 5.12. The summed E-state index contributed by atoms with van der Waals surface area (Å²) in [5.41, 5.74) is 0.683. The van der Waals surface area contributed by atoms with Crippen LogP contribution in [0.4, 0.5) is 0 Å². The van der Waals surface area contributed by atoms with Crippen LogP contribution in [-0.4, -0.2) is 12.1 Å². The second-order valence-corrected chi connectivity index (χ2v) is 4.33. The third-order valence-electron chi connectivity index (χ3n) is 3.88. The van der Waals surface area contributed by atoms with E-state index in [4.69, 9.17) is 0 Å². The SMILES string of the molecule is C1CC2CC2C2(C1)CCN2. The predicted molar refractivity (Wildman–Crippen MR) is 40.8 cm³/mol. The van der Waals surface area contributed by atoms with Crippen molar-refractivity contribution in [2.75, 3.05) is 6.54 Å². The molecule has 3 aliphatic rings. The third kappa shape index (κ3) is 0.531. The van der Waals surface area contributed by atoms with Crippen LogP contribution in [0, 0.1) is 11.8 Å². The van der Waals surface area contributed by atoms with Gasteiger partial charge in [-0.25, -0.2) is 0 Å². The molecule has 1 aliphatic heterocycles. The highest BCUT2D eigenvalue weighted by atomic mass is 15.1. The molecule has 56 valence electrons. The smallest absolute Gasteiger partial charge is 0.0224 e. The summed E-state index contributed by atoms with van der Waals surface area (Å²) in [7, 11) is 0. The van der Waals surface area contributed by atoms with E-state index in [1.165, 1.54) is 32.2 Å². The number of rotatable bonds is 0. The first kappa shape index (κ1) is 5.59. The van der Waals surface area contributed by atoms with Gasteiger partial charge in [-0.05, 0) is 37.6 Å². The molecule has 10 heavy (non-hydrogen) atoms. The fourth-order valence-corrected chi connectivity index (χ4v) is 3.08. The molecule has 1 N–H and O–H groups in total. The van der Waals surface area contributed by atoms with Crippen molar-refractivity contribution in [3.05, 3.63) is 0 Å². The Morgan fingerprint density at radius 1 is 1.30 bits per heavy atom. The van der Waals surface area contributed by atoms with E-state index in [-0.39, 0.29) is 0 Å². The van der Waals surface area contributed by atoms with Crippen LogP contribution in [0.1, 0.15) is 32.1 Å². The molecule has 1 spiro atoms. The number of fused-ring (bicyclic) bond motifs is 2. The summed E-state index contributed by atoms with van der Waals surface area (Å²) in [6.45, 7) is 1.29. The predicted octanol–water partition coefficient (Wildman–Crippen LogP) is 1.54. The average molecular weight is 137 g/mol. The molecule has 1 nitrogen and oxygen atoms in total. The molecule has 1 heterocycles. The maximum absolute atomic E-state index is 3.65. The normalized spacial score (nSPS) is 57.6. The van der Waals surface area contributed by atoms with Crippen LogP contribution >= 0.6 is 0 Å². The van der Waals surface area contributed by atoms with E-state index in [1.54, 1.807) is 6.42 Å². The topological polar surface area (TPSA) is 12.0 Å². The van der Waals surface area contributed by atoms with Gasteiger partial charge in [0.05, 0.1) is 0 Å². The van der Waals surface area contributed by atoms with E-state index in [0.717, 1.165) is 11.8 Å². The van der Waals surface area contributed by atoms with Crippen molar-refractivity contribution < 1.29 is 0 Å². The van der Waals surface area contributed by atoms with E-state index in [0.29, 0.717) is 5.54 Å². The summed E-state index contributed by atoms with van der Waals surface area (Å²) in [4.78, 5) is 0. The number of hydrogen-bond acceptors (Lipinski definition) is 1. The fraction of sp³-hybridized carbons (Fsp3) is 1.00. The van der Waals surface area contributed by atoms with Crippen molar-refractivity contribution in [1.82, 2.24) is 5.32 Å². The number of hydrogen-bond donors (Lipinski definition) is 1. The van der Waals surface area contributed by atoms with Crippen molar-refractivity contribution in [3.8, 4) is 0 Å². The van der Waals surface area contributed by atoms with Gasteiger partial charge in [-0.3, -0.25) is 0 Å². The molecule has 0 aromatic carbocycles. The van der Waals surface area contributed by atoms with Gasteiger partial charge in [-0.15, -0.1) is 0 Å². The summed E-state index contributed by atoms with van der Waals surface area (Å²) in [6, 6.07) is 0. The van der Waals surface area contributed by atoms with Gasteiger partial charge in [-0.1, -0.05) is 12.8 Å². The quantitative estimate of drug-likeness (QED) is 0.534. The molecule has 1 saturated heterocycles. The largest absolute Gasteiger partial charge is 0.311 e. The van der Waals surface area contributed by atoms with E-state index in [9.17, 15) is 0 Å². The van der Waals surface area contributed by atoms with Crippen molar-refractivity contribution in [2.24, 2.45) is 11.8 Å². The lowest BCUT2D eigenvalue weighted by Gasteiger charge is -2.46. The van der Waals surface area contributed by atoms with Crippen LogP contribution in [0.15, 0.2) is 0 Å². The zero-order valence-electron chi connectivity index (χ0n) is 6.40. The summed E-state index contributed by atoms with van der Waals surface area (Å²) in [5.74, 6) is 2.25. The van der Waals surface area contributed by atoms with Crippen molar-refractivity contribution >= 4 is 0 Å². The third-order valence-corrected chi connectivity index (χ3v) is 3.88. The van der Waals surface area contributed by atoms with Crippen LogP contribution in [0.3, 0.4) is 0 Å². The van der Waals surface area contributed by atoms with E-state index < -0.39 is 0 Å². The molecule has 3 atom stereocenters. The van der Waals surface area contributed by atoms with Crippen LogP contribution in [0.2, 0.25) is 0 Å². The average Bonchev–Trinajstić information content (AvgIpc) is 2.60. The summed E-state index contributed by atoms with van der Waals surface area (Å²) >= 11 is 0. The van der Waals surface area contributed by atoms with Crippen LogP contribution in [0.5, 0.6) is 0 Å². The van der Waals surface area contributed by atoms with E-state index in [2.05, 4.69) is 5.32 Å². The van der Waals surface area contributed by atoms with Gasteiger partial charge in [0.2, 0.25) is 0 Å². The Hall–Kier alpha value is -0.0400. The van der Waals surface area contributed by atoms with Gasteiger partial charge in [0, 0.05) is 5.54 Å². The van der Waals surface area contributed by atoms with E-state index >= 15 is 0 Å². The van der Waals surface area contributed by atoms with Gasteiger partial charge < -0.3 is 5.32 Å². The Morgan fingerprint density at radius 2 is 2.20 bits per heavy atom. The first-order valence-electron chi connectivity index (χ1n) is 4.66. The molecule has 3 unspecified atom stereocenters. The lowest BCUT2D eigenvalue weighted by molar-refractivity contribution is 0.126. The lowest BCUT2D eigenvalue weighted by atomic mass is 9.74. The highest BCUT2D eigenvalue weighted by Crippen LogP contribution is 2.57. The molecule has 2 saturated carbocycles. The monoisotopic (exact) mass is 137 g/mol. The molecular weight excluding hydrogens is 122 g/mol. The maximum atomic E-state index is 3.65. The van der Waals surface area contributed by atoms with E-state index in [1.807, 2.05) is 0 Å². The molecule has 0 radical (unpaired) electrons. The molecule has 0 bridgehead atoms. The first-order chi connectivity index (χ1) is 4.91.